The molecule has 0 aromatic heterocycles. The summed E-state index contributed by atoms with van der Waals surface area (Å²) in [6, 6.07) is 16.3. The van der Waals surface area contributed by atoms with Gasteiger partial charge in [-0.25, -0.2) is 0 Å². The molecule has 5 nitrogen and oxygen atoms in total. The van der Waals surface area contributed by atoms with Crippen molar-refractivity contribution in [2.75, 3.05) is 0 Å². The molecule has 0 N–H and O–H groups in total. The highest BCUT2D eigenvalue weighted by atomic mass is 16.6. The molecule has 3 aromatic rings. The zero-order chi connectivity index (χ0) is 16.7. The molecule has 1 aliphatic rings. The molecule has 0 saturated heterocycles. The van der Waals surface area contributed by atoms with Crippen molar-refractivity contribution in [3.63, 3.8) is 0 Å². The van der Waals surface area contributed by atoms with E-state index >= 15 is 0 Å². The Morgan fingerprint density at radius 1 is 1.00 bits per heavy atom. The fraction of sp³-hybridized carbons (Fsp3) is 0. The van der Waals surface area contributed by atoms with Crippen molar-refractivity contribution in [2.45, 2.75) is 0 Å². The number of non-ortho nitro benzene ring substituents is 1. The summed E-state index contributed by atoms with van der Waals surface area (Å²) in [6.07, 6.45) is 3.66. The number of nitrogens with zero attached hydrogens (tertiary/aromatic N) is 2. The lowest BCUT2D eigenvalue weighted by Gasteiger charge is -2.11. The molecular formula is C19H10N2O3. The van der Waals surface area contributed by atoms with Crippen LogP contribution in [-0.2, 0) is 0 Å². The fourth-order valence-corrected chi connectivity index (χ4v) is 2.89. The SMILES string of the molecule is N#Cc1cc([N+](=O)[O-])cc2c1C=Cc1c(ccc3ccccc13)O2. The Bertz CT molecular complexity index is 1080. The second-order valence-corrected chi connectivity index (χ2v) is 5.41. The minimum Gasteiger partial charge on any atom is -0.456 e. The fourth-order valence-electron chi connectivity index (χ4n) is 2.89. The Morgan fingerprint density at radius 2 is 1.79 bits per heavy atom. The molecule has 0 atom stereocenters. The summed E-state index contributed by atoms with van der Waals surface area (Å²) in [5.41, 5.74) is 1.48. The predicted molar refractivity (Wildman–Crippen MR) is 90.8 cm³/mol. The van der Waals surface area contributed by atoms with E-state index in [1.807, 2.05) is 48.5 Å². The van der Waals surface area contributed by atoms with Gasteiger partial charge in [-0.3, -0.25) is 10.1 Å². The smallest absolute Gasteiger partial charge is 0.274 e. The minimum atomic E-state index is -0.527. The number of fused-ring (bicyclic) bond motifs is 4. The second-order valence-electron chi connectivity index (χ2n) is 5.41. The maximum atomic E-state index is 11.1. The van der Waals surface area contributed by atoms with Crippen molar-refractivity contribution in [1.29, 1.82) is 5.26 Å². The van der Waals surface area contributed by atoms with Crippen LogP contribution in [0.2, 0.25) is 0 Å². The Balaban J connectivity index is 1.98. The number of nitriles is 1. The van der Waals surface area contributed by atoms with Crippen molar-refractivity contribution < 1.29 is 9.66 Å². The van der Waals surface area contributed by atoms with Crippen LogP contribution in [0.25, 0.3) is 22.9 Å². The van der Waals surface area contributed by atoms with Crippen LogP contribution in [-0.4, -0.2) is 4.92 Å². The third-order valence-electron chi connectivity index (χ3n) is 4.03. The summed E-state index contributed by atoms with van der Waals surface area (Å²) in [5, 5.41) is 22.5. The number of ether oxygens (including phenoxy) is 1. The van der Waals surface area contributed by atoms with Crippen LogP contribution in [0.5, 0.6) is 11.5 Å². The van der Waals surface area contributed by atoms with Gasteiger partial charge in [-0.2, -0.15) is 5.26 Å². The summed E-state index contributed by atoms with van der Waals surface area (Å²) in [5.74, 6) is 0.916. The summed E-state index contributed by atoms with van der Waals surface area (Å²) in [6.45, 7) is 0. The Kier molecular flexibility index (Phi) is 3.04. The van der Waals surface area contributed by atoms with Gasteiger partial charge in [0.1, 0.15) is 17.6 Å². The molecular weight excluding hydrogens is 304 g/mol. The van der Waals surface area contributed by atoms with Gasteiger partial charge in [0, 0.05) is 17.2 Å². The molecule has 0 saturated carbocycles. The lowest BCUT2D eigenvalue weighted by Crippen LogP contribution is -1.95. The summed E-state index contributed by atoms with van der Waals surface area (Å²) in [4.78, 5) is 10.6. The topological polar surface area (TPSA) is 76.2 Å². The molecule has 3 aromatic carbocycles. The number of benzene rings is 3. The van der Waals surface area contributed by atoms with Crippen LogP contribution < -0.4 is 4.74 Å². The highest BCUT2D eigenvalue weighted by Crippen LogP contribution is 2.40. The van der Waals surface area contributed by atoms with Gasteiger partial charge < -0.3 is 4.74 Å². The maximum Gasteiger partial charge on any atom is 0.274 e. The summed E-state index contributed by atoms with van der Waals surface area (Å²) >= 11 is 0. The molecule has 0 spiro atoms. The van der Waals surface area contributed by atoms with E-state index in [-0.39, 0.29) is 11.3 Å². The number of hydrogen-bond acceptors (Lipinski definition) is 4. The van der Waals surface area contributed by atoms with Gasteiger partial charge in [0.2, 0.25) is 0 Å². The van der Waals surface area contributed by atoms with Crippen molar-refractivity contribution in [1.82, 2.24) is 0 Å². The number of hydrogen-bond donors (Lipinski definition) is 0. The second kappa shape index (κ2) is 5.21. The molecule has 1 aliphatic heterocycles. The first-order chi connectivity index (χ1) is 11.7. The summed E-state index contributed by atoms with van der Waals surface area (Å²) < 4.78 is 5.93. The molecule has 4 rings (SSSR count). The van der Waals surface area contributed by atoms with Crippen LogP contribution in [0.4, 0.5) is 5.69 Å². The van der Waals surface area contributed by atoms with Gasteiger partial charge in [-0.15, -0.1) is 0 Å². The number of nitro groups is 1. The average molecular weight is 314 g/mol. The number of nitro benzene ring substituents is 1. The molecule has 114 valence electrons. The molecule has 0 fully saturated rings. The van der Waals surface area contributed by atoms with Crippen molar-refractivity contribution >= 4 is 28.6 Å². The monoisotopic (exact) mass is 314 g/mol. The molecule has 0 amide bonds. The highest BCUT2D eigenvalue weighted by Gasteiger charge is 2.20. The Morgan fingerprint density at radius 3 is 2.58 bits per heavy atom. The van der Waals surface area contributed by atoms with Crippen LogP contribution in [0, 0.1) is 21.4 Å². The van der Waals surface area contributed by atoms with E-state index in [4.69, 9.17) is 4.74 Å². The predicted octanol–water partition coefficient (Wildman–Crippen LogP) is 4.90. The zero-order valence-electron chi connectivity index (χ0n) is 12.4. The lowest BCUT2D eigenvalue weighted by molar-refractivity contribution is -0.384. The van der Waals surface area contributed by atoms with Gasteiger partial charge in [0.15, 0.2) is 0 Å². The van der Waals surface area contributed by atoms with E-state index in [1.165, 1.54) is 12.1 Å². The van der Waals surface area contributed by atoms with Crippen LogP contribution in [0.15, 0.2) is 48.5 Å². The lowest BCUT2D eigenvalue weighted by atomic mass is 10.0. The Labute approximate surface area is 137 Å². The third kappa shape index (κ3) is 2.09. The van der Waals surface area contributed by atoms with Gasteiger partial charge >= 0.3 is 0 Å². The van der Waals surface area contributed by atoms with Gasteiger partial charge in [-0.05, 0) is 29.0 Å². The van der Waals surface area contributed by atoms with E-state index < -0.39 is 4.92 Å². The minimum absolute atomic E-state index is 0.164. The normalized spacial score (nSPS) is 11.8. The molecule has 24 heavy (non-hydrogen) atoms. The van der Waals surface area contributed by atoms with Crippen LogP contribution in [0.1, 0.15) is 16.7 Å². The molecule has 1 heterocycles. The largest absolute Gasteiger partial charge is 0.456 e. The molecule has 0 unspecified atom stereocenters. The Hall–Kier alpha value is -3.65. The van der Waals surface area contributed by atoms with E-state index in [0.717, 1.165) is 16.3 Å². The van der Waals surface area contributed by atoms with E-state index in [9.17, 15) is 15.4 Å². The van der Waals surface area contributed by atoms with Gasteiger partial charge in [0.05, 0.1) is 16.6 Å². The van der Waals surface area contributed by atoms with Gasteiger partial charge in [-0.1, -0.05) is 30.3 Å². The van der Waals surface area contributed by atoms with E-state index in [0.29, 0.717) is 17.1 Å². The zero-order valence-corrected chi connectivity index (χ0v) is 12.4. The highest BCUT2D eigenvalue weighted by molar-refractivity contribution is 5.97. The van der Waals surface area contributed by atoms with Crippen molar-refractivity contribution in [3.05, 3.63) is 75.3 Å². The first kappa shape index (κ1) is 14.0. The summed E-state index contributed by atoms with van der Waals surface area (Å²) in [7, 11) is 0. The first-order valence-electron chi connectivity index (χ1n) is 7.27. The molecule has 0 aliphatic carbocycles. The molecule has 0 radical (unpaired) electrons. The quantitative estimate of drug-likeness (QED) is 0.370. The van der Waals surface area contributed by atoms with Crippen LogP contribution in [0.3, 0.4) is 0 Å². The number of rotatable bonds is 1. The molecule has 5 heteroatoms. The first-order valence-corrected chi connectivity index (χ1v) is 7.27. The van der Waals surface area contributed by atoms with Crippen molar-refractivity contribution in [2.24, 2.45) is 0 Å². The average Bonchev–Trinajstić information content (AvgIpc) is 2.79. The maximum absolute atomic E-state index is 11.1. The standard InChI is InChI=1S/C19H10N2O3/c20-11-13-9-14(21(22)23)10-19-16(13)6-7-17-15-4-2-1-3-12(15)5-8-18(17)24-19/h1-10H. The third-order valence-corrected chi connectivity index (χ3v) is 4.03. The van der Waals surface area contributed by atoms with E-state index in [2.05, 4.69) is 0 Å². The van der Waals surface area contributed by atoms with Gasteiger partial charge in [0.25, 0.3) is 5.69 Å². The molecule has 0 bridgehead atoms. The van der Waals surface area contributed by atoms with Crippen molar-refractivity contribution in [3.8, 4) is 17.6 Å². The van der Waals surface area contributed by atoms with Crippen LogP contribution >= 0.6 is 0 Å². The van der Waals surface area contributed by atoms with E-state index in [1.54, 1.807) is 6.08 Å².